The maximum atomic E-state index is 11.2. The molecule has 2 heterocycles. The maximum Gasteiger partial charge on any atom is 0.413 e. The van der Waals surface area contributed by atoms with Crippen LogP contribution < -0.4 is 10.6 Å². The third-order valence-corrected chi connectivity index (χ3v) is 3.42. The van der Waals surface area contributed by atoms with Gasteiger partial charge in [0.05, 0.1) is 11.5 Å². The van der Waals surface area contributed by atoms with Gasteiger partial charge in [-0.05, 0) is 20.8 Å². The molecule has 3 amide bonds. The van der Waals surface area contributed by atoms with Crippen LogP contribution in [0.5, 0.6) is 0 Å². The van der Waals surface area contributed by atoms with Crippen LogP contribution >= 0.6 is 23.5 Å². The van der Waals surface area contributed by atoms with Crippen molar-refractivity contribution in [2.24, 2.45) is 4.99 Å². The summed E-state index contributed by atoms with van der Waals surface area (Å²) in [6.07, 6.45) is -0.585. The van der Waals surface area contributed by atoms with Gasteiger partial charge in [-0.2, -0.15) is 4.99 Å². The fraction of sp³-hybridized carbons (Fsp3) is 0.545. The van der Waals surface area contributed by atoms with E-state index in [2.05, 4.69) is 15.6 Å². The topological polar surface area (TPSA) is 121 Å². The van der Waals surface area contributed by atoms with Crippen LogP contribution in [0.2, 0.25) is 0 Å². The molecular weight excluding hydrogens is 316 g/mol. The van der Waals surface area contributed by atoms with Gasteiger partial charge >= 0.3 is 6.09 Å². The zero-order chi connectivity index (χ0) is 16.0. The van der Waals surface area contributed by atoms with Gasteiger partial charge in [-0.15, -0.1) is 0 Å². The average molecular weight is 332 g/mol. The molecule has 0 aromatic rings. The van der Waals surface area contributed by atoms with Crippen molar-refractivity contribution in [3.8, 4) is 0 Å². The van der Waals surface area contributed by atoms with Crippen molar-refractivity contribution in [2.45, 2.75) is 26.4 Å². The van der Waals surface area contributed by atoms with Gasteiger partial charge in [-0.3, -0.25) is 20.3 Å². The molecule has 0 aromatic heterocycles. The van der Waals surface area contributed by atoms with E-state index >= 15 is 0 Å². The fourth-order valence-corrected chi connectivity index (χ4v) is 2.28. The van der Waals surface area contributed by atoms with Gasteiger partial charge in [0.2, 0.25) is 5.91 Å². The zero-order valence-electron chi connectivity index (χ0n) is 11.8. The molecule has 0 aliphatic carbocycles. The second-order valence-electron chi connectivity index (χ2n) is 4.89. The van der Waals surface area contributed by atoms with Crippen molar-refractivity contribution in [1.82, 2.24) is 10.6 Å². The number of rotatable bonds is 0. The summed E-state index contributed by atoms with van der Waals surface area (Å²) in [4.78, 5) is 35.7. The first-order valence-electron chi connectivity index (χ1n) is 5.91. The van der Waals surface area contributed by atoms with Crippen LogP contribution in [0.4, 0.5) is 4.79 Å². The number of aliphatic imine (C=N–C) groups is 1. The first-order chi connectivity index (χ1) is 9.65. The summed E-state index contributed by atoms with van der Waals surface area (Å²) in [5.74, 6) is 0.403. The molecule has 2 rings (SSSR count). The highest BCUT2D eigenvalue weighted by molar-refractivity contribution is 8.15. The van der Waals surface area contributed by atoms with Crippen LogP contribution in [0.3, 0.4) is 0 Å². The molecule has 116 valence electrons. The summed E-state index contributed by atoms with van der Waals surface area (Å²) in [6.45, 7) is 5.30. The Labute approximate surface area is 130 Å². The molecule has 2 aliphatic rings. The van der Waals surface area contributed by atoms with Gasteiger partial charge in [0, 0.05) is 0 Å². The average Bonchev–Trinajstić information content (AvgIpc) is 2.86. The number of amides is 3. The van der Waals surface area contributed by atoms with E-state index < -0.39 is 11.7 Å². The minimum absolute atomic E-state index is 0.0602. The van der Waals surface area contributed by atoms with Crippen LogP contribution in [-0.2, 0) is 14.3 Å². The van der Waals surface area contributed by atoms with Crippen LogP contribution in [-0.4, -0.2) is 45.3 Å². The van der Waals surface area contributed by atoms with Crippen LogP contribution in [0.25, 0.3) is 0 Å². The molecule has 0 saturated carbocycles. The number of alkyl carbamates (subject to hydrolysis) is 1. The van der Waals surface area contributed by atoms with E-state index in [1.807, 2.05) is 0 Å². The monoisotopic (exact) mass is 332 g/mol. The number of thioether (sulfide) groups is 2. The first kappa shape index (κ1) is 17.5. The van der Waals surface area contributed by atoms with Crippen LogP contribution in [0.1, 0.15) is 20.8 Å². The lowest BCUT2D eigenvalue weighted by Gasteiger charge is -2.19. The Balaban J connectivity index is 0.000000262. The number of nitrogens with zero attached hydrogens (tertiary/aromatic N) is 1. The van der Waals surface area contributed by atoms with Crippen molar-refractivity contribution in [1.29, 1.82) is 5.41 Å². The van der Waals surface area contributed by atoms with Crippen molar-refractivity contribution < 1.29 is 19.1 Å². The van der Waals surface area contributed by atoms with E-state index in [-0.39, 0.29) is 22.7 Å². The molecule has 0 unspecified atom stereocenters. The van der Waals surface area contributed by atoms with E-state index in [0.29, 0.717) is 10.9 Å². The van der Waals surface area contributed by atoms with Gasteiger partial charge in [-0.1, -0.05) is 23.5 Å². The highest BCUT2D eigenvalue weighted by Gasteiger charge is 2.21. The molecular formula is C11H16N4O4S2. The summed E-state index contributed by atoms with van der Waals surface area (Å²) in [6, 6.07) is 0. The second kappa shape index (κ2) is 7.46. The molecule has 2 aliphatic heterocycles. The molecule has 3 N–H and O–H groups in total. The van der Waals surface area contributed by atoms with Crippen molar-refractivity contribution in [2.75, 3.05) is 11.5 Å². The molecule has 0 atom stereocenters. The third kappa shape index (κ3) is 7.71. The zero-order valence-corrected chi connectivity index (χ0v) is 13.4. The first-order valence-corrected chi connectivity index (χ1v) is 7.88. The van der Waals surface area contributed by atoms with E-state index in [0.717, 1.165) is 0 Å². The van der Waals surface area contributed by atoms with Gasteiger partial charge in [0.15, 0.2) is 10.3 Å². The molecule has 0 spiro atoms. The predicted molar refractivity (Wildman–Crippen MR) is 82.6 cm³/mol. The summed E-state index contributed by atoms with van der Waals surface area (Å²) >= 11 is 2.42. The highest BCUT2D eigenvalue weighted by Crippen LogP contribution is 2.12. The maximum absolute atomic E-state index is 11.2. The fourth-order valence-electron chi connectivity index (χ4n) is 1.10. The van der Waals surface area contributed by atoms with E-state index in [1.165, 1.54) is 23.5 Å². The lowest BCUT2D eigenvalue weighted by molar-refractivity contribution is -0.117. The second-order valence-corrected chi connectivity index (χ2v) is 6.84. The molecule has 1 saturated heterocycles. The molecule has 0 aromatic carbocycles. The highest BCUT2D eigenvalue weighted by atomic mass is 32.2. The molecule has 21 heavy (non-hydrogen) atoms. The molecule has 0 bridgehead atoms. The van der Waals surface area contributed by atoms with Crippen molar-refractivity contribution in [3.05, 3.63) is 0 Å². The number of ether oxygens (including phenoxy) is 1. The van der Waals surface area contributed by atoms with Gasteiger partial charge in [0.25, 0.3) is 5.91 Å². The summed E-state index contributed by atoms with van der Waals surface area (Å²) in [7, 11) is 0. The smallest absolute Gasteiger partial charge is 0.413 e. The minimum Gasteiger partial charge on any atom is -0.444 e. The Morgan fingerprint density at radius 1 is 1.33 bits per heavy atom. The Bertz CT molecular complexity index is 485. The summed E-state index contributed by atoms with van der Waals surface area (Å²) < 4.78 is 4.98. The number of hydrogen-bond acceptors (Lipinski definition) is 7. The largest absolute Gasteiger partial charge is 0.444 e. The SMILES string of the molecule is CC(C)(C)OC(=O)NC1=NC(=O)CS1.N=C1NC(=O)CS1. The lowest BCUT2D eigenvalue weighted by atomic mass is 10.2. The summed E-state index contributed by atoms with van der Waals surface area (Å²) in [5, 5.41) is 12.1. The number of nitrogens with one attached hydrogen (secondary N) is 3. The Hall–Kier alpha value is -1.55. The molecule has 0 radical (unpaired) electrons. The molecule has 10 heteroatoms. The molecule has 1 fully saturated rings. The molecule has 8 nitrogen and oxygen atoms in total. The predicted octanol–water partition coefficient (Wildman–Crippen LogP) is 0.925. The normalized spacial score (nSPS) is 17.7. The Morgan fingerprint density at radius 2 is 2.00 bits per heavy atom. The van der Waals surface area contributed by atoms with E-state index in [9.17, 15) is 14.4 Å². The standard InChI is InChI=1S/C8H12N2O3S.C3H4N2OS/c1-8(2,3)13-7(12)10-6-9-5(11)4-14-6;4-3-5-2(6)1-7-3/h4H2,1-3H3,(H,9,10,11,12);1H2,(H2,4,5,6). The van der Waals surface area contributed by atoms with Gasteiger partial charge in [0.1, 0.15) is 5.60 Å². The quantitative estimate of drug-likeness (QED) is 0.607. The number of amidine groups is 2. The Morgan fingerprint density at radius 3 is 2.33 bits per heavy atom. The summed E-state index contributed by atoms with van der Waals surface area (Å²) in [5.41, 5.74) is -0.544. The van der Waals surface area contributed by atoms with Gasteiger partial charge < -0.3 is 10.1 Å². The Kier molecular flexibility index (Phi) is 6.21. The van der Waals surface area contributed by atoms with Gasteiger partial charge in [-0.25, -0.2) is 4.79 Å². The van der Waals surface area contributed by atoms with Crippen LogP contribution in [0.15, 0.2) is 4.99 Å². The van der Waals surface area contributed by atoms with Crippen molar-refractivity contribution >= 4 is 51.8 Å². The minimum atomic E-state index is -0.585. The van der Waals surface area contributed by atoms with Crippen LogP contribution in [0, 0.1) is 5.41 Å². The number of carbonyl (C=O) groups is 3. The number of carbonyl (C=O) groups excluding carboxylic acids is 3. The third-order valence-electron chi connectivity index (χ3n) is 1.77. The van der Waals surface area contributed by atoms with E-state index in [4.69, 9.17) is 10.1 Å². The lowest BCUT2D eigenvalue weighted by Crippen LogP contribution is -2.34. The number of hydrogen-bond donors (Lipinski definition) is 3. The van der Waals surface area contributed by atoms with E-state index in [1.54, 1.807) is 20.8 Å². The van der Waals surface area contributed by atoms with Crippen molar-refractivity contribution in [3.63, 3.8) is 0 Å².